The number of benzene rings is 2. The monoisotopic (exact) mass is 358 g/mol. The summed E-state index contributed by atoms with van der Waals surface area (Å²) in [6, 6.07) is 18.6. The van der Waals surface area contributed by atoms with Crippen molar-refractivity contribution in [2.75, 3.05) is 6.54 Å². The number of hydrogen-bond acceptors (Lipinski definition) is 5. The highest BCUT2D eigenvalue weighted by Gasteiger charge is 2.27. The number of carbonyl (C=O) groups excluding carboxylic acids is 1. The summed E-state index contributed by atoms with van der Waals surface area (Å²) < 4.78 is 31.7. The quantitative estimate of drug-likeness (QED) is 0.709. The van der Waals surface area contributed by atoms with Crippen molar-refractivity contribution in [1.29, 1.82) is 5.26 Å². The second-order valence-electron chi connectivity index (χ2n) is 5.33. The predicted octanol–water partition coefficient (Wildman–Crippen LogP) is 2.33. The van der Waals surface area contributed by atoms with Gasteiger partial charge in [0.1, 0.15) is 12.6 Å². The maximum atomic E-state index is 12.9. The minimum absolute atomic E-state index is 0.0219. The third-order valence-electron chi connectivity index (χ3n) is 3.38. The molecule has 2 aromatic carbocycles. The summed E-state index contributed by atoms with van der Waals surface area (Å²) in [6.07, 6.45) is -0.939. The van der Waals surface area contributed by atoms with Gasteiger partial charge in [-0.2, -0.15) is 9.57 Å². The van der Waals surface area contributed by atoms with Crippen LogP contribution in [-0.2, 0) is 26.1 Å². The van der Waals surface area contributed by atoms with Gasteiger partial charge in [-0.3, -0.25) is 4.79 Å². The SMILES string of the molecule is C[C@@H](C#N)OC(=O)CN(Cc1ccccc1)S(=O)(=O)c1ccccc1. The summed E-state index contributed by atoms with van der Waals surface area (Å²) in [5.74, 6) is -0.774. The number of ether oxygens (including phenoxy) is 1. The second kappa shape index (κ2) is 8.42. The standard InChI is InChI=1S/C18H18N2O4S/c1-15(12-19)24-18(21)14-20(13-16-8-4-2-5-9-16)25(22,23)17-10-6-3-7-11-17/h2-11,15H,13-14H2,1H3/t15-/m0/s1. The van der Waals surface area contributed by atoms with Crippen molar-refractivity contribution in [3.05, 3.63) is 66.2 Å². The molecule has 0 aliphatic carbocycles. The van der Waals surface area contributed by atoms with Gasteiger partial charge in [-0.05, 0) is 24.6 Å². The Kier molecular flexibility index (Phi) is 6.28. The van der Waals surface area contributed by atoms with E-state index in [-0.39, 0.29) is 11.4 Å². The van der Waals surface area contributed by atoms with Gasteiger partial charge >= 0.3 is 5.97 Å². The first kappa shape index (κ1) is 18.6. The Morgan fingerprint density at radius 1 is 1.12 bits per heavy atom. The summed E-state index contributed by atoms with van der Waals surface area (Å²) in [4.78, 5) is 12.1. The molecule has 25 heavy (non-hydrogen) atoms. The van der Waals surface area contributed by atoms with E-state index >= 15 is 0 Å². The maximum absolute atomic E-state index is 12.9. The highest BCUT2D eigenvalue weighted by Crippen LogP contribution is 2.18. The molecule has 6 nitrogen and oxygen atoms in total. The van der Waals surface area contributed by atoms with E-state index in [1.807, 2.05) is 6.07 Å². The minimum Gasteiger partial charge on any atom is -0.446 e. The van der Waals surface area contributed by atoms with Crippen molar-refractivity contribution >= 4 is 16.0 Å². The number of esters is 1. The molecule has 0 aliphatic rings. The van der Waals surface area contributed by atoms with E-state index in [1.165, 1.54) is 19.1 Å². The van der Waals surface area contributed by atoms with E-state index in [4.69, 9.17) is 10.00 Å². The van der Waals surface area contributed by atoms with Crippen LogP contribution in [0.2, 0.25) is 0 Å². The number of nitriles is 1. The van der Waals surface area contributed by atoms with E-state index in [0.29, 0.717) is 0 Å². The normalized spacial score (nSPS) is 12.4. The molecule has 0 heterocycles. The summed E-state index contributed by atoms with van der Waals surface area (Å²) in [6.45, 7) is 0.970. The van der Waals surface area contributed by atoms with Crippen molar-refractivity contribution in [2.24, 2.45) is 0 Å². The lowest BCUT2D eigenvalue weighted by Crippen LogP contribution is -2.36. The van der Waals surface area contributed by atoms with Crippen molar-refractivity contribution in [3.63, 3.8) is 0 Å². The highest BCUT2D eigenvalue weighted by atomic mass is 32.2. The van der Waals surface area contributed by atoms with Gasteiger partial charge in [0.15, 0.2) is 6.10 Å². The Labute approximate surface area is 147 Å². The summed E-state index contributed by atoms with van der Waals surface area (Å²) >= 11 is 0. The van der Waals surface area contributed by atoms with Crippen LogP contribution in [0.4, 0.5) is 0 Å². The van der Waals surface area contributed by atoms with Crippen molar-refractivity contribution in [2.45, 2.75) is 24.5 Å². The zero-order valence-corrected chi connectivity index (χ0v) is 14.5. The van der Waals surface area contributed by atoms with Crippen molar-refractivity contribution < 1.29 is 17.9 Å². The van der Waals surface area contributed by atoms with Crippen LogP contribution in [0.15, 0.2) is 65.6 Å². The van der Waals surface area contributed by atoms with E-state index in [1.54, 1.807) is 48.5 Å². The molecule has 0 N–H and O–H groups in total. The molecule has 0 spiro atoms. The van der Waals surface area contributed by atoms with Crippen LogP contribution in [-0.4, -0.2) is 31.3 Å². The molecule has 0 saturated heterocycles. The molecular formula is C18H18N2O4S. The molecule has 0 aromatic heterocycles. The lowest BCUT2D eigenvalue weighted by atomic mass is 10.2. The highest BCUT2D eigenvalue weighted by molar-refractivity contribution is 7.89. The third kappa shape index (κ3) is 5.14. The molecule has 2 rings (SSSR count). The van der Waals surface area contributed by atoms with E-state index in [9.17, 15) is 13.2 Å². The molecule has 0 radical (unpaired) electrons. The van der Waals surface area contributed by atoms with Crippen LogP contribution in [0.1, 0.15) is 12.5 Å². The molecule has 7 heteroatoms. The molecule has 130 valence electrons. The first-order chi connectivity index (χ1) is 11.9. The number of rotatable bonds is 7. The first-order valence-corrected chi connectivity index (χ1v) is 9.05. The maximum Gasteiger partial charge on any atom is 0.322 e. The van der Waals surface area contributed by atoms with Gasteiger partial charge in [0.25, 0.3) is 0 Å². The molecule has 0 fully saturated rings. The lowest BCUT2D eigenvalue weighted by Gasteiger charge is -2.22. The first-order valence-electron chi connectivity index (χ1n) is 7.61. The lowest BCUT2D eigenvalue weighted by molar-refractivity contribution is -0.146. The Balaban J connectivity index is 2.29. The number of nitrogens with zero attached hydrogens (tertiary/aromatic N) is 2. The van der Waals surface area contributed by atoms with Gasteiger partial charge in [0.05, 0.1) is 4.90 Å². The number of sulfonamides is 1. The fourth-order valence-electron chi connectivity index (χ4n) is 2.16. The molecule has 0 bridgehead atoms. The molecule has 0 amide bonds. The topological polar surface area (TPSA) is 87.5 Å². The Morgan fingerprint density at radius 3 is 2.24 bits per heavy atom. The molecule has 0 aliphatic heterocycles. The molecular weight excluding hydrogens is 340 g/mol. The minimum atomic E-state index is -3.89. The summed E-state index contributed by atoms with van der Waals surface area (Å²) in [5, 5.41) is 8.73. The predicted molar refractivity (Wildman–Crippen MR) is 91.6 cm³/mol. The zero-order chi connectivity index (χ0) is 18.3. The zero-order valence-electron chi connectivity index (χ0n) is 13.7. The van der Waals surface area contributed by atoms with Crippen LogP contribution in [0.5, 0.6) is 0 Å². The van der Waals surface area contributed by atoms with Crippen LogP contribution in [0.3, 0.4) is 0 Å². The Hall–Kier alpha value is -2.69. The van der Waals surface area contributed by atoms with E-state index in [0.717, 1.165) is 9.87 Å². The largest absolute Gasteiger partial charge is 0.446 e. The van der Waals surface area contributed by atoms with Crippen molar-refractivity contribution in [1.82, 2.24) is 4.31 Å². The third-order valence-corrected chi connectivity index (χ3v) is 5.18. The van der Waals surface area contributed by atoms with Gasteiger partial charge in [0.2, 0.25) is 10.0 Å². The smallest absolute Gasteiger partial charge is 0.322 e. The average molecular weight is 358 g/mol. The van der Waals surface area contributed by atoms with Crippen LogP contribution in [0.25, 0.3) is 0 Å². The molecule has 0 saturated carbocycles. The fourth-order valence-corrected chi connectivity index (χ4v) is 3.55. The van der Waals surface area contributed by atoms with Gasteiger partial charge in [-0.15, -0.1) is 0 Å². The molecule has 0 unspecified atom stereocenters. The van der Waals surface area contributed by atoms with Crippen LogP contribution in [0, 0.1) is 11.3 Å². The number of carbonyl (C=O) groups is 1. The molecule has 2 aromatic rings. The van der Waals surface area contributed by atoms with E-state index in [2.05, 4.69) is 0 Å². The van der Waals surface area contributed by atoms with Gasteiger partial charge in [-0.1, -0.05) is 48.5 Å². The van der Waals surface area contributed by atoms with Gasteiger partial charge in [-0.25, -0.2) is 8.42 Å². The summed E-state index contributed by atoms with van der Waals surface area (Å²) in [5.41, 5.74) is 0.739. The Morgan fingerprint density at radius 2 is 1.68 bits per heavy atom. The number of hydrogen-bond donors (Lipinski definition) is 0. The van der Waals surface area contributed by atoms with Gasteiger partial charge < -0.3 is 4.74 Å². The summed E-state index contributed by atoms with van der Waals surface area (Å²) in [7, 11) is -3.89. The second-order valence-corrected chi connectivity index (χ2v) is 7.27. The fraction of sp³-hybridized carbons (Fsp3) is 0.222. The molecule has 1 atom stereocenters. The Bertz CT molecular complexity index is 846. The van der Waals surface area contributed by atoms with Gasteiger partial charge in [0, 0.05) is 6.54 Å². The van der Waals surface area contributed by atoms with Crippen LogP contribution < -0.4 is 0 Å². The van der Waals surface area contributed by atoms with E-state index < -0.39 is 28.6 Å². The van der Waals surface area contributed by atoms with Crippen LogP contribution >= 0.6 is 0 Å². The average Bonchev–Trinajstić information content (AvgIpc) is 2.62. The van der Waals surface area contributed by atoms with Crippen molar-refractivity contribution in [3.8, 4) is 6.07 Å².